The van der Waals surface area contributed by atoms with E-state index in [1.54, 1.807) is 7.11 Å². The molecule has 1 saturated carbocycles. The van der Waals surface area contributed by atoms with Gasteiger partial charge in [-0.05, 0) is 61.1 Å². The van der Waals surface area contributed by atoms with Crippen LogP contribution < -0.4 is 4.74 Å². The highest BCUT2D eigenvalue weighted by Crippen LogP contribution is 2.46. The lowest BCUT2D eigenvalue weighted by Crippen LogP contribution is -2.07. The zero-order valence-corrected chi connectivity index (χ0v) is 19.7. The first-order valence-electron chi connectivity index (χ1n) is 12.1. The predicted molar refractivity (Wildman–Crippen MR) is 133 cm³/mol. The van der Waals surface area contributed by atoms with Gasteiger partial charge in [-0.1, -0.05) is 32.3 Å². The van der Waals surface area contributed by atoms with Gasteiger partial charge in [-0.25, -0.2) is 4.79 Å². The number of hydrogen-bond acceptors (Lipinski definition) is 3. The molecule has 0 amide bonds. The van der Waals surface area contributed by atoms with Crippen LogP contribution in [-0.4, -0.2) is 29.7 Å². The molecule has 1 aliphatic rings. The summed E-state index contributed by atoms with van der Waals surface area (Å²) in [6.07, 6.45) is 9.26. The van der Waals surface area contributed by atoms with E-state index in [0.717, 1.165) is 35.1 Å². The van der Waals surface area contributed by atoms with Gasteiger partial charge in [-0.15, -0.1) is 0 Å². The van der Waals surface area contributed by atoms with Crippen molar-refractivity contribution >= 4 is 27.8 Å². The minimum absolute atomic E-state index is 0.293. The van der Waals surface area contributed by atoms with E-state index in [4.69, 9.17) is 9.47 Å². The number of methoxy groups -OCH3 is 2. The molecular formula is C28H32N2O3. The van der Waals surface area contributed by atoms with Crippen LogP contribution in [0.25, 0.3) is 33.1 Å². The van der Waals surface area contributed by atoms with Gasteiger partial charge in [0, 0.05) is 34.6 Å². The number of benzene rings is 2. The summed E-state index contributed by atoms with van der Waals surface area (Å²) in [5.74, 6) is 1.10. The molecule has 0 aliphatic heterocycles. The number of carbonyl (C=O) groups excluding carboxylic acids is 1. The van der Waals surface area contributed by atoms with Crippen LogP contribution in [0, 0.1) is 0 Å². The fourth-order valence-corrected chi connectivity index (χ4v) is 5.68. The summed E-state index contributed by atoms with van der Waals surface area (Å²) in [4.78, 5) is 15.8. The van der Waals surface area contributed by atoms with Gasteiger partial charge in [-0.3, -0.25) is 0 Å². The first kappa shape index (κ1) is 21.6. The normalized spacial score (nSPS) is 14.8. The molecule has 5 rings (SSSR count). The molecule has 2 aromatic carbocycles. The molecule has 33 heavy (non-hydrogen) atoms. The van der Waals surface area contributed by atoms with Gasteiger partial charge in [-0.2, -0.15) is 0 Å². The first-order valence-corrected chi connectivity index (χ1v) is 12.1. The van der Waals surface area contributed by atoms with E-state index in [1.165, 1.54) is 61.4 Å². The van der Waals surface area contributed by atoms with Crippen LogP contribution in [0.5, 0.6) is 5.75 Å². The Morgan fingerprint density at radius 1 is 1.06 bits per heavy atom. The van der Waals surface area contributed by atoms with Gasteiger partial charge in [0.1, 0.15) is 5.75 Å². The van der Waals surface area contributed by atoms with E-state index in [0.29, 0.717) is 11.5 Å². The molecule has 2 aromatic heterocycles. The largest absolute Gasteiger partial charge is 0.496 e. The highest BCUT2D eigenvalue weighted by molar-refractivity contribution is 6.03. The van der Waals surface area contributed by atoms with Crippen LogP contribution in [0.1, 0.15) is 67.3 Å². The molecule has 172 valence electrons. The Kier molecular flexibility index (Phi) is 5.88. The van der Waals surface area contributed by atoms with Crippen molar-refractivity contribution in [2.45, 2.75) is 57.9 Å². The number of aryl methyl sites for hydroxylation is 1. The Hall–Kier alpha value is -3.21. The van der Waals surface area contributed by atoms with Crippen LogP contribution in [0.15, 0.2) is 42.6 Å². The van der Waals surface area contributed by atoms with Crippen molar-refractivity contribution in [1.82, 2.24) is 9.55 Å². The van der Waals surface area contributed by atoms with E-state index in [9.17, 15) is 4.79 Å². The monoisotopic (exact) mass is 444 g/mol. The Balaban J connectivity index is 1.85. The Labute approximate surface area is 194 Å². The quantitative estimate of drug-likeness (QED) is 0.324. The average Bonchev–Trinajstić information content (AvgIpc) is 3.47. The number of aromatic amines is 1. The standard InChI is InChI=1S/C28H32N2O3/c1-4-16-30-23-17-19(28(31)33-3)10-11-20(23)25(18-8-6-5-7-9-18)27(30)22-12-13-24(32-2)21-14-15-29-26(21)22/h10-15,17-18,29H,4-9,16H2,1-3H3. The van der Waals surface area contributed by atoms with Gasteiger partial charge in [0.05, 0.1) is 31.0 Å². The molecule has 5 heteroatoms. The molecule has 1 fully saturated rings. The summed E-state index contributed by atoms with van der Waals surface area (Å²) in [5, 5.41) is 2.35. The zero-order chi connectivity index (χ0) is 22.9. The number of carbonyl (C=O) groups is 1. The van der Waals surface area contributed by atoms with Crippen molar-refractivity contribution in [3.05, 3.63) is 53.7 Å². The zero-order valence-electron chi connectivity index (χ0n) is 19.7. The van der Waals surface area contributed by atoms with Crippen LogP contribution in [0.2, 0.25) is 0 Å². The van der Waals surface area contributed by atoms with Crippen molar-refractivity contribution in [2.24, 2.45) is 0 Å². The molecule has 0 unspecified atom stereocenters. The highest BCUT2D eigenvalue weighted by atomic mass is 16.5. The van der Waals surface area contributed by atoms with Crippen LogP contribution >= 0.6 is 0 Å². The smallest absolute Gasteiger partial charge is 0.337 e. The van der Waals surface area contributed by atoms with Gasteiger partial charge in [0.25, 0.3) is 0 Å². The van der Waals surface area contributed by atoms with Crippen LogP contribution in [0.4, 0.5) is 0 Å². The molecule has 0 bridgehead atoms. The molecule has 5 nitrogen and oxygen atoms in total. The maximum Gasteiger partial charge on any atom is 0.337 e. The number of aromatic nitrogens is 2. The van der Waals surface area contributed by atoms with Gasteiger partial charge in [0.15, 0.2) is 0 Å². The predicted octanol–water partition coefficient (Wildman–Crippen LogP) is 7.04. The Bertz CT molecular complexity index is 1310. The SMILES string of the molecule is CCCn1c(-c2ccc(OC)c3cc[nH]c23)c(C2CCCCC2)c2ccc(C(=O)OC)cc21. The van der Waals surface area contributed by atoms with E-state index in [2.05, 4.69) is 40.7 Å². The summed E-state index contributed by atoms with van der Waals surface area (Å²) in [7, 11) is 3.16. The number of fused-ring (bicyclic) bond motifs is 2. The second kappa shape index (κ2) is 8.97. The van der Waals surface area contributed by atoms with E-state index >= 15 is 0 Å². The second-order valence-corrected chi connectivity index (χ2v) is 9.05. The minimum Gasteiger partial charge on any atom is -0.496 e. The highest BCUT2D eigenvalue weighted by Gasteiger charge is 2.28. The van der Waals surface area contributed by atoms with Gasteiger partial charge >= 0.3 is 5.97 Å². The molecule has 2 heterocycles. The van der Waals surface area contributed by atoms with E-state index in [-0.39, 0.29) is 5.97 Å². The molecule has 1 N–H and O–H groups in total. The van der Waals surface area contributed by atoms with Gasteiger partial charge < -0.3 is 19.0 Å². The van der Waals surface area contributed by atoms with E-state index < -0.39 is 0 Å². The fraction of sp³-hybridized carbons (Fsp3) is 0.393. The summed E-state index contributed by atoms with van der Waals surface area (Å²) in [5.41, 5.74) is 6.71. The third-order valence-corrected chi connectivity index (χ3v) is 7.14. The number of H-pyrrole nitrogens is 1. The number of nitrogens with zero attached hydrogens (tertiary/aromatic N) is 1. The maximum absolute atomic E-state index is 12.3. The van der Waals surface area contributed by atoms with Crippen molar-refractivity contribution in [3.8, 4) is 17.0 Å². The Morgan fingerprint density at radius 3 is 2.61 bits per heavy atom. The van der Waals surface area contributed by atoms with Crippen molar-refractivity contribution in [3.63, 3.8) is 0 Å². The number of nitrogens with one attached hydrogen (secondary N) is 1. The molecule has 0 atom stereocenters. The minimum atomic E-state index is -0.293. The summed E-state index contributed by atoms with van der Waals surface area (Å²) >= 11 is 0. The lowest BCUT2D eigenvalue weighted by atomic mass is 9.81. The number of hydrogen-bond donors (Lipinski definition) is 1. The third-order valence-electron chi connectivity index (χ3n) is 7.14. The summed E-state index contributed by atoms with van der Waals surface area (Å²) in [6.45, 7) is 3.09. The number of esters is 1. The molecule has 1 aliphatic carbocycles. The lowest BCUT2D eigenvalue weighted by molar-refractivity contribution is 0.0601. The molecule has 0 saturated heterocycles. The Morgan fingerprint density at radius 2 is 1.88 bits per heavy atom. The van der Waals surface area contributed by atoms with Crippen LogP contribution in [0.3, 0.4) is 0 Å². The van der Waals surface area contributed by atoms with Crippen molar-refractivity contribution in [2.75, 3.05) is 14.2 Å². The summed E-state index contributed by atoms with van der Waals surface area (Å²) < 4.78 is 13.1. The van der Waals surface area contributed by atoms with Gasteiger partial charge in [0.2, 0.25) is 0 Å². The summed E-state index contributed by atoms with van der Waals surface area (Å²) in [6, 6.07) is 12.4. The number of ether oxygens (including phenoxy) is 2. The fourth-order valence-electron chi connectivity index (χ4n) is 5.68. The number of rotatable bonds is 6. The van der Waals surface area contributed by atoms with Crippen molar-refractivity contribution < 1.29 is 14.3 Å². The van der Waals surface area contributed by atoms with Crippen LogP contribution in [-0.2, 0) is 11.3 Å². The molecule has 0 radical (unpaired) electrons. The molecule has 4 aromatic rings. The van der Waals surface area contributed by atoms with Crippen molar-refractivity contribution in [1.29, 1.82) is 0 Å². The topological polar surface area (TPSA) is 56.2 Å². The molecule has 0 spiro atoms. The van der Waals surface area contributed by atoms with E-state index in [1.807, 2.05) is 18.3 Å². The maximum atomic E-state index is 12.3. The third kappa shape index (κ3) is 3.60. The molecular weight excluding hydrogens is 412 g/mol. The second-order valence-electron chi connectivity index (χ2n) is 9.05. The lowest BCUT2D eigenvalue weighted by Gasteiger charge is -2.24. The average molecular weight is 445 g/mol. The first-order chi connectivity index (χ1) is 16.2.